The number of hydrogen-bond donors (Lipinski definition) is 1. The molecule has 0 atom stereocenters. The number of ketones is 1. The standard InChI is InChI=1S/C27H24N2O7/c1-16(2)12-24(31)28-19-8-5-17(6-9-19)23(30)15-36-27(34)18-7-10-21-22(13-18)26(33)29(25(21)32)14-20-4-3-11-35-20/h3-11,13,16H,12,14-15H2,1-2H3,(H,28,31). The zero-order valence-corrected chi connectivity index (χ0v) is 19.8. The van der Waals surface area contributed by atoms with Crippen LogP contribution in [0.3, 0.4) is 0 Å². The first-order valence-corrected chi connectivity index (χ1v) is 11.4. The van der Waals surface area contributed by atoms with Gasteiger partial charge in [-0.2, -0.15) is 0 Å². The molecule has 9 nitrogen and oxygen atoms in total. The predicted molar refractivity (Wildman–Crippen MR) is 128 cm³/mol. The molecule has 1 aliphatic rings. The molecule has 1 aromatic heterocycles. The van der Waals surface area contributed by atoms with Gasteiger partial charge in [-0.3, -0.25) is 24.1 Å². The molecule has 2 aromatic carbocycles. The predicted octanol–water partition coefficient (Wildman–Crippen LogP) is 4.10. The van der Waals surface area contributed by atoms with Crippen LogP contribution in [0.25, 0.3) is 0 Å². The van der Waals surface area contributed by atoms with Gasteiger partial charge in [0.1, 0.15) is 5.76 Å². The van der Waals surface area contributed by atoms with Gasteiger partial charge in [0, 0.05) is 17.7 Å². The number of carbonyl (C=O) groups excluding carboxylic acids is 5. The van der Waals surface area contributed by atoms with Crippen LogP contribution in [0, 0.1) is 5.92 Å². The molecule has 2 heterocycles. The summed E-state index contributed by atoms with van der Waals surface area (Å²) in [5.41, 5.74) is 1.19. The third-order valence-corrected chi connectivity index (χ3v) is 5.52. The Labute approximate surface area is 207 Å². The number of ether oxygens (including phenoxy) is 1. The normalized spacial score (nSPS) is 12.6. The van der Waals surface area contributed by atoms with E-state index in [1.165, 1.54) is 36.6 Å². The van der Waals surface area contributed by atoms with Crippen molar-refractivity contribution in [2.75, 3.05) is 11.9 Å². The number of rotatable bonds is 9. The van der Waals surface area contributed by atoms with Gasteiger partial charge in [0.2, 0.25) is 5.91 Å². The quantitative estimate of drug-likeness (QED) is 0.273. The van der Waals surface area contributed by atoms with Crippen molar-refractivity contribution in [3.8, 4) is 0 Å². The molecule has 0 aliphatic carbocycles. The van der Waals surface area contributed by atoms with Crippen LogP contribution in [0.5, 0.6) is 0 Å². The first-order valence-electron chi connectivity index (χ1n) is 11.4. The van der Waals surface area contributed by atoms with Gasteiger partial charge in [0.25, 0.3) is 11.8 Å². The summed E-state index contributed by atoms with van der Waals surface area (Å²) >= 11 is 0. The second-order valence-electron chi connectivity index (χ2n) is 8.76. The number of Topliss-reactive ketones (excluding diaryl/α,β-unsaturated/α-hetero) is 1. The number of fused-ring (bicyclic) bond motifs is 1. The van der Waals surface area contributed by atoms with Crippen LogP contribution in [0.1, 0.15) is 67.5 Å². The van der Waals surface area contributed by atoms with Gasteiger partial charge < -0.3 is 14.5 Å². The maximum absolute atomic E-state index is 12.7. The van der Waals surface area contributed by atoms with Crippen LogP contribution in [0.15, 0.2) is 65.3 Å². The molecule has 4 rings (SSSR count). The number of nitrogens with zero attached hydrogens (tertiary/aromatic N) is 1. The molecule has 3 amide bonds. The molecule has 0 spiro atoms. The first-order chi connectivity index (χ1) is 17.2. The molecule has 0 fully saturated rings. The van der Waals surface area contributed by atoms with E-state index >= 15 is 0 Å². The molecule has 9 heteroatoms. The van der Waals surface area contributed by atoms with Gasteiger partial charge in [-0.15, -0.1) is 0 Å². The van der Waals surface area contributed by atoms with Crippen molar-refractivity contribution in [1.29, 1.82) is 0 Å². The van der Waals surface area contributed by atoms with E-state index in [1.54, 1.807) is 24.3 Å². The summed E-state index contributed by atoms with van der Waals surface area (Å²) in [5, 5.41) is 2.76. The molecular weight excluding hydrogens is 464 g/mol. The fourth-order valence-electron chi connectivity index (χ4n) is 3.74. The van der Waals surface area contributed by atoms with Gasteiger partial charge in [-0.1, -0.05) is 13.8 Å². The lowest BCUT2D eigenvalue weighted by molar-refractivity contribution is -0.116. The van der Waals surface area contributed by atoms with Gasteiger partial charge in [0.05, 0.1) is 29.5 Å². The summed E-state index contributed by atoms with van der Waals surface area (Å²) in [7, 11) is 0. The van der Waals surface area contributed by atoms with Crippen molar-refractivity contribution in [1.82, 2.24) is 4.90 Å². The highest BCUT2D eigenvalue weighted by atomic mass is 16.5. The SMILES string of the molecule is CC(C)CC(=O)Nc1ccc(C(=O)COC(=O)c2ccc3c(c2)C(=O)N(Cc2ccco2)C3=O)cc1. The zero-order valence-electron chi connectivity index (χ0n) is 19.8. The number of esters is 1. The molecule has 184 valence electrons. The smallest absolute Gasteiger partial charge is 0.338 e. The lowest BCUT2D eigenvalue weighted by Gasteiger charge is -2.11. The molecule has 0 unspecified atom stereocenters. The van der Waals surface area contributed by atoms with Gasteiger partial charge in [-0.05, 0) is 60.5 Å². The number of imide groups is 1. The van der Waals surface area contributed by atoms with Crippen LogP contribution >= 0.6 is 0 Å². The van der Waals surface area contributed by atoms with Crippen molar-refractivity contribution in [3.63, 3.8) is 0 Å². The van der Waals surface area contributed by atoms with E-state index in [1.807, 2.05) is 13.8 Å². The van der Waals surface area contributed by atoms with Gasteiger partial charge >= 0.3 is 5.97 Å². The summed E-state index contributed by atoms with van der Waals surface area (Å²) in [5.74, 6) is -1.69. The highest BCUT2D eigenvalue weighted by molar-refractivity contribution is 6.21. The van der Waals surface area contributed by atoms with Crippen molar-refractivity contribution >= 4 is 35.2 Å². The Morgan fingerprint density at radius 2 is 1.64 bits per heavy atom. The molecular formula is C27H24N2O7. The topological polar surface area (TPSA) is 123 Å². The van der Waals surface area contributed by atoms with E-state index in [2.05, 4.69) is 5.32 Å². The van der Waals surface area contributed by atoms with Crippen LogP contribution in [-0.4, -0.2) is 41.0 Å². The summed E-state index contributed by atoms with van der Waals surface area (Å²) in [6, 6.07) is 13.6. The van der Waals surface area contributed by atoms with E-state index in [9.17, 15) is 24.0 Å². The minimum Gasteiger partial charge on any atom is -0.467 e. The third-order valence-electron chi connectivity index (χ3n) is 5.52. The second kappa shape index (κ2) is 10.4. The fourth-order valence-corrected chi connectivity index (χ4v) is 3.74. The average molecular weight is 488 g/mol. The number of anilines is 1. The van der Waals surface area contributed by atoms with Crippen LogP contribution in [0.4, 0.5) is 5.69 Å². The van der Waals surface area contributed by atoms with E-state index in [0.29, 0.717) is 23.4 Å². The molecule has 0 bridgehead atoms. The number of amides is 3. The molecule has 36 heavy (non-hydrogen) atoms. The van der Waals surface area contributed by atoms with E-state index in [0.717, 1.165) is 4.90 Å². The Kier molecular flexibility index (Phi) is 7.10. The minimum atomic E-state index is -0.798. The first kappa shape index (κ1) is 24.6. The molecule has 0 saturated heterocycles. The van der Waals surface area contributed by atoms with Crippen molar-refractivity contribution in [2.45, 2.75) is 26.8 Å². The highest BCUT2D eigenvalue weighted by Gasteiger charge is 2.36. The Balaban J connectivity index is 1.35. The third kappa shape index (κ3) is 5.41. The van der Waals surface area contributed by atoms with Crippen LogP contribution in [-0.2, 0) is 16.1 Å². The second-order valence-corrected chi connectivity index (χ2v) is 8.76. The van der Waals surface area contributed by atoms with E-state index in [-0.39, 0.29) is 35.1 Å². The zero-order chi connectivity index (χ0) is 25.8. The Bertz CT molecular complexity index is 1320. The monoisotopic (exact) mass is 488 g/mol. The molecule has 3 aromatic rings. The number of hydrogen-bond acceptors (Lipinski definition) is 7. The van der Waals surface area contributed by atoms with Crippen molar-refractivity contribution < 1.29 is 33.1 Å². The summed E-state index contributed by atoms with van der Waals surface area (Å²) in [6.45, 7) is 3.36. The fraction of sp³-hybridized carbons (Fsp3) is 0.222. The number of furan rings is 1. The molecule has 0 radical (unpaired) electrons. The van der Waals surface area contributed by atoms with Gasteiger partial charge in [0.15, 0.2) is 12.4 Å². The maximum Gasteiger partial charge on any atom is 0.338 e. The lowest BCUT2D eigenvalue weighted by Crippen LogP contribution is -2.28. The minimum absolute atomic E-state index is 0.0200. The molecule has 1 aliphatic heterocycles. The van der Waals surface area contributed by atoms with Crippen LogP contribution < -0.4 is 5.32 Å². The average Bonchev–Trinajstić information content (AvgIpc) is 3.45. The van der Waals surface area contributed by atoms with Crippen LogP contribution in [0.2, 0.25) is 0 Å². The summed E-state index contributed by atoms with van der Waals surface area (Å²) < 4.78 is 10.3. The van der Waals surface area contributed by atoms with Gasteiger partial charge in [-0.25, -0.2) is 4.79 Å². The van der Waals surface area contributed by atoms with Crippen molar-refractivity contribution in [2.24, 2.45) is 5.92 Å². The summed E-state index contributed by atoms with van der Waals surface area (Å²) in [4.78, 5) is 63.2. The summed E-state index contributed by atoms with van der Waals surface area (Å²) in [6.07, 6.45) is 1.84. The highest BCUT2D eigenvalue weighted by Crippen LogP contribution is 2.26. The number of carbonyl (C=O) groups is 5. The van der Waals surface area contributed by atoms with E-state index < -0.39 is 30.2 Å². The number of nitrogens with one attached hydrogen (secondary N) is 1. The Morgan fingerprint density at radius 1 is 0.944 bits per heavy atom. The lowest BCUT2D eigenvalue weighted by atomic mass is 10.1. The molecule has 1 N–H and O–H groups in total. The number of benzene rings is 2. The Hall–Kier alpha value is -4.53. The van der Waals surface area contributed by atoms with E-state index in [4.69, 9.17) is 9.15 Å². The van der Waals surface area contributed by atoms with Crippen molar-refractivity contribution in [3.05, 3.63) is 88.9 Å². The largest absolute Gasteiger partial charge is 0.467 e. The molecule has 0 saturated carbocycles. The maximum atomic E-state index is 12.7. The Morgan fingerprint density at radius 3 is 2.31 bits per heavy atom.